The maximum atomic E-state index is 12.9. The van der Waals surface area contributed by atoms with Crippen LogP contribution in [-0.4, -0.2) is 43.2 Å². The van der Waals surface area contributed by atoms with Crippen LogP contribution in [-0.2, 0) is 7.05 Å². The van der Waals surface area contributed by atoms with E-state index in [0.29, 0.717) is 24.5 Å². The van der Waals surface area contributed by atoms with Gasteiger partial charge in [-0.25, -0.2) is 19.0 Å². The van der Waals surface area contributed by atoms with Gasteiger partial charge in [-0.05, 0) is 37.1 Å². The van der Waals surface area contributed by atoms with Crippen LogP contribution in [0.25, 0.3) is 5.69 Å². The Morgan fingerprint density at radius 2 is 2.00 bits per heavy atom. The Kier molecular flexibility index (Phi) is 4.96. The molecular weight excluding hydrogens is 368 g/mol. The number of para-hydroxylation sites is 1. The van der Waals surface area contributed by atoms with Crippen molar-refractivity contribution in [3.05, 3.63) is 76.2 Å². The van der Waals surface area contributed by atoms with Crippen LogP contribution in [0.3, 0.4) is 0 Å². The number of nitrogens with zero attached hydrogens (tertiary/aromatic N) is 6. The summed E-state index contributed by atoms with van der Waals surface area (Å²) in [6.45, 7) is 1.11. The number of amides is 1. The number of carbonyl (C=O) groups is 1. The number of pyridine rings is 1. The number of rotatable bonds is 3. The lowest BCUT2D eigenvalue weighted by Crippen LogP contribution is -2.40. The molecule has 1 atom stereocenters. The highest BCUT2D eigenvalue weighted by Crippen LogP contribution is 2.27. The second-order valence-corrected chi connectivity index (χ2v) is 7.07. The molecule has 8 heteroatoms. The van der Waals surface area contributed by atoms with Gasteiger partial charge < -0.3 is 4.90 Å². The van der Waals surface area contributed by atoms with Crippen LogP contribution in [0.4, 0.5) is 0 Å². The molecule has 29 heavy (non-hydrogen) atoms. The van der Waals surface area contributed by atoms with Crippen LogP contribution in [0, 0.1) is 11.3 Å². The number of nitriles is 1. The lowest BCUT2D eigenvalue weighted by molar-refractivity contribution is 0.0703. The molecule has 0 unspecified atom stereocenters. The summed E-state index contributed by atoms with van der Waals surface area (Å²) in [5.74, 6) is 0.489. The van der Waals surface area contributed by atoms with Crippen molar-refractivity contribution < 1.29 is 4.79 Å². The predicted molar refractivity (Wildman–Crippen MR) is 106 cm³/mol. The number of likely N-dealkylation sites (tertiary alicyclic amines) is 1. The Labute approximate surface area is 167 Å². The van der Waals surface area contributed by atoms with E-state index in [2.05, 4.69) is 10.1 Å². The summed E-state index contributed by atoms with van der Waals surface area (Å²) >= 11 is 0. The quantitative estimate of drug-likeness (QED) is 0.682. The van der Waals surface area contributed by atoms with E-state index < -0.39 is 0 Å². The zero-order valence-electron chi connectivity index (χ0n) is 16.0. The van der Waals surface area contributed by atoms with Gasteiger partial charge in [-0.15, -0.1) is 0 Å². The second kappa shape index (κ2) is 7.72. The molecule has 1 amide bonds. The van der Waals surface area contributed by atoms with E-state index in [9.17, 15) is 9.59 Å². The van der Waals surface area contributed by atoms with Gasteiger partial charge in [0.15, 0.2) is 0 Å². The van der Waals surface area contributed by atoms with Gasteiger partial charge >= 0.3 is 5.69 Å². The molecule has 3 aromatic rings. The number of hydrogen-bond acceptors (Lipinski definition) is 5. The Morgan fingerprint density at radius 1 is 1.21 bits per heavy atom. The summed E-state index contributed by atoms with van der Waals surface area (Å²) in [6.07, 6.45) is 3.10. The fourth-order valence-corrected chi connectivity index (χ4v) is 3.71. The first-order valence-corrected chi connectivity index (χ1v) is 9.45. The maximum Gasteiger partial charge on any atom is 0.350 e. The van der Waals surface area contributed by atoms with E-state index >= 15 is 0 Å². The highest BCUT2D eigenvalue weighted by atomic mass is 16.2. The van der Waals surface area contributed by atoms with Crippen LogP contribution in [0.15, 0.2) is 53.5 Å². The van der Waals surface area contributed by atoms with Gasteiger partial charge in [0.05, 0.1) is 11.3 Å². The lowest BCUT2D eigenvalue weighted by Gasteiger charge is -2.32. The predicted octanol–water partition coefficient (Wildman–Crippen LogP) is 1.86. The topological polar surface area (TPSA) is 96.8 Å². The summed E-state index contributed by atoms with van der Waals surface area (Å²) < 4.78 is 2.97. The Hall–Kier alpha value is -3.73. The maximum absolute atomic E-state index is 12.9. The molecule has 1 aliphatic rings. The van der Waals surface area contributed by atoms with E-state index in [1.54, 1.807) is 28.6 Å². The smallest absolute Gasteiger partial charge is 0.338 e. The second-order valence-electron chi connectivity index (χ2n) is 7.07. The van der Waals surface area contributed by atoms with Crippen LogP contribution < -0.4 is 5.69 Å². The molecule has 0 radical (unpaired) electrons. The van der Waals surface area contributed by atoms with Crippen molar-refractivity contribution in [3.63, 3.8) is 0 Å². The van der Waals surface area contributed by atoms with Gasteiger partial charge in [-0.2, -0.15) is 10.4 Å². The third-order valence-electron chi connectivity index (χ3n) is 5.16. The number of piperidine rings is 1. The summed E-state index contributed by atoms with van der Waals surface area (Å²) in [6, 6.07) is 14.5. The van der Waals surface area contributed by atoms with E-state index in [1.165, 1.54) is 10.9 Å². The van der Waals surface area contributed by atoms with Gasteiger partial charge in [-0.1, -0.05) is 18.2 Å². The molecule has 0 N–H and O–H groups in total. The fraction of sp³-hybridized carbons (Fsp3) is 0.286. The Morgan fingerprint density at radius 3 is 2.69 bits per heavy atom. The molecule has 1 fully saturated rings. The zero-order valence-corrected chi connectivity index (χ0v) is 16.0. The van der Waals surface area contributed by atoms with Crippen LogP contribution >= 0.6 is 0 Å². The minimum absolute atomic E-state index is 0.0480. The van der Waals surface area contributed by atoms with E-state index in [0.717, 1.165) is 18.5 Å². The van der Waals surface area contributed by atoms with Crippen molar-refractivity contribution >= 4 is 5.91 Å². The molecule has 8 nitrogen and oxygen atoms in total. The number of aryl methyl sites for hydroxylation is 1. The number of carbonyl (C=O) groups excluding carboxylic acids is 1. The first-order valence-electron chi connectivity index (χ1n) is 9.45. The van der Waals surface area contributed by atoms with Crippen molar-refractivity contribution in [1.29, 1.82) is 5.26 Å². The molecule has 1 aliphatic heterocycles. The highest BCUT2D eigenvalue weighted by Gasteiger charge is 2.30. The third-order valence-corrected chi connectivity index (χ3v) is 5.16. The molecule has 146 valence electrons. The normalized spacial score (nSPS) is 16.4. The summed E-state index contributed by atoms with van der Waals surface area (Å²) in [5.41, 5.74) is 1.29. The Balaban J connectivity index is 1.62. The number of aromatic nitrogens is 4. The Bertz CT molecular complexity index is 1120. The lowest BCUT2D eigenvalue weighted by atomic mass is 9.96. The van der Waals surface area contributed by atoms with Crippen molar-refractivity contribution in [1.82, 2.24) is 24.2 Å². The first kappa shape index (κ1) is 18.6. The molecule has 3 heterocycles. The van der Waals surface area contributed by atoms with Gasteiger partial charge in [0, 0.05) is 32.3 Å². The molecular formula is C21H20N6O2. The molecule has 2 aromatic heterocycles. The molecule has 0 bridgehead atoms. The van der Waals surface area contributed by atoms with Gasteiger partial charge in [0.1, 0.15) is 17.6 Å². The van der Waals surface area contributed by atoms with Crippen molar-refractivity contribution in [2.24, 2.45) is 7.05 Å². The van der Waals surface area contributed by atoms with E-state index in [1.807, 2.05) is 36.4 Å². The minimum atomic E-state index is -0.203. The molecule has 0 spiro atoms. The van der Waals surface area contributed by atoms with Crippen LogP contribution in [0.5, 0.6) is 0 Å². The van der Waals surface area contributed by atoms with Gasteiger partial charge in [-0.3, -0.25) is 4.79 Å². The molecule has 1 saturated heterocycles. The number of benzene rings is 1. The molecule has 4 rings (SSSR count). The average Bonchev–Trinajstić information content (AvgIpc) is 3.08. The summed E-state index contributed by atoms with van der Waals surface area (Å²) in [4.78, 5) is 31.3. The molecule has 0 saturated carbocycles. The average molecular weight is 388 g/mol. The number of hydrogen-bond donors (Lipinski definition) is 0. The largest absolute Gasteiger partial charge is 0.350 e. The highest BCUT2D eigenvalue weighted by molar-refractivity contribution is 5.94. The van der Waals surface area contributed by atoms with Crippen LogP contribution in [0.2, 0.25) is 0 Å². The monoisotopic (exact) mass is 388 g/mol. The zero-order chi connectivity index (χ0) is 20.4. The van der Waals surface area contributed by atoms with Crippen molar-refractivity contribution in [2.75, 3.05) is 13.1 Å². The fourth-order valence-electron chi connectivity index (χ4n) is 3.71. The van der Waals surface area contributed by atoms with Crippen molar-refractivity contribution in [3.8, 4) is 11.8 Å². The van der Waals surface area contributed by atoms with Gasteiger partial charge in [0.25, 0.3) is 5.91 Å². The van der Waals surface area contributed by atoms with Crippen molar-refractivity contribution in [2.45, 2.75) is 18.8 Å². The third kappa shape index (κ3) is 3.55. The molecule has 1 aromatic carbocycles. The standard InChI is InChI=1S/C21H20N6O2/c1-25-21(29)27(18-7-3-2-4-8-18)19(24-25)16-6-5-11-26(14-16)20(28)15-9-10-17(12-22)23-13-15/h2-4,7-10,13,16H,5-6,11,14H2,1H3/t16-/m1/s1. The van der Waals surface area contributed by atoms with E-state index in [-0.39, 0.29) is 23.2 Å². The SMILES string of the molecule is Cn1nc([C@@H]2CCCN(C(=O)c3ccc(C#N)nc3)C2)n(-c2ccccc2)c1=O. The summed E-state index contributed by atoms with van der Waals surface area (Å²) in [5, 5.41) is 13.4. The van der Waals surface area contributed by atoms with Crippen LogP contribution in [0.1, 0.15) is 40.6 Å². The van der Waals surface area contributed by atoms with E-state index in [4.69, 9.17) is 5.26 Å². The first-order chi connectivity index (χ1) is 14.1. The van der Waals surface area contributed by atoms with Gasteiger partial charge in [0.2, 0.25) is 0 Å². The summed E-state index contributed by atoms with van der Waals surface area (Å²) in [7, 11) is 1.64. The minimum Gasteiger partial charge on any atom is -0.338 e. The molecule has 0 aliphatic carbocycles.